The van der Waals surface area contributed by atoms with Gasteiger partial charge in [-0.3, -0.25) is 4.79 Å². The Balaban J connectivity index is 2.21. The maximum atomic E-state index is 12.1. The summed E-state index contributed by atoms with van der Waals surface area (Å²) in [5, 5.41) is 20.2. The largest absolute Gasteiger partial charge is 0.384 e. The number of benzene rings is 2. The van der Waals surface area contributed by atoms with Crippen LogP contribution in [0.15, 0.2) is 48.5 Å². The fourth-order valence-electron chi connectivity index (χ4n) is 1.73. The third-order valence-electron chi connectivity index (χ3n) is 2.75. The first-order valence-electron chi connectivity index (χ1n) is 6.25. The first kappa shape index (κ1) is 14.3. The lowest BCUT2D eigenvalue weighted by Gasteiger charge is -2.07. The molecule has 0 unspecified atom stereocenters. The van der Waals surface area contributed by atoms with Gasteiger partial charge in [-0.2, -0.15) is 5.26 Å². The van der Waals surface area contributed by atoms with E-state index in [0.29, 0.717) is 22.4 Å². The molecule has 0 saturated heterocycles. The Morgan fingerprint density at radius 3 is 2.52 bits per heavy atom. The summed E-state index contributed by atoms with van der Waals surface area (Å²) in [5.41, 5.74) is 2.17. The highest BCUT2D eigenvalue weighted by molar-refractivity contribution is 6.05. The van der Waals surface area contributed by atoms with Crippen LogP contribution in [0.1, 0.15) is 21.5 Å². The highest BCUT2D eigenvalue weighted by Gasteiger charge is 2.08. The van der Waals surface area contributed by atoms with E-state index in [1.807, 2.05) is 6.07 Å². The summed E-state index contributed by atoms with van der Waals surface area (Å²) in [5.74, 6) is 5.05. The maximum Gasteiger partial charge on any atom is 0.255 e. The van der Waals surface area contributed by atoms with E-state index in [1.165, 1.54) is 0 Å². The van der Waals surface area contributed by atoms with Gasteiger partial charge in [0.05, 0.1) is 17.3 Å². The molecule has 1 amide bonds. The molecule has 0 aliphatic rings. The molecule has 0 aliphatic carbocycles. The van der Waals surface area contributed by atoms with Gasteiger partial charge >= 0.3 is 0 Å². The number of amides is 1. The molecular formula is C17H12N2O2. The van der Waals surface area contributed by atoms with Crippen LogP contribution in [-0.4, -0.2) is 17.6 Å². The molecule has 0 heterocycles. The van der Waals surface area contributed by atoms with Gasteiger partial charge in [0, 0.05) is 11.1 Å². The van der Waals surface area contributed by atoms with E-state index in [0.717, 1.165) is 0 Å². The van der Waals surface area contributed by atoms with Crippen LogP contribution in [0, 0.1) is 23.2 Å². The SMILES string of the molecule is N#Cc1ccc(C(=O)Nc2ccccc2C#CCO)cc1. The molecule has 102 valence electrons. The summed E-state index contributed by atoms with van der Waals surface area (Å²) >= 11 is 0. The first-order chi connectivity index (χ1) is 10.2. The predicted octanol–water partition coefficient (Wildman–Crippen LogP) is 2.15. The lowest BCUT2D eigenvalue weighted by Crippen LogP contribution is -2.12. The lowest BCUT2D eigenvalue weighted by molar-refractivity contribution is 0.102. The zero-order chi connectivity index (χ0) is 15.1. The van der Waals surface area contributed by atoms with Gasteiger partial charge in [-0.25, -0.2) is 0 Å². The van der Waals surface area contributed by atoms with Gasteiger partial charge in [0.15, 0.2) is 0 Å². The quantitative estimate of drug-likeness (QED) is 0.825. The summed E-state index contributed by atoms with van der Waals surface area (Å²) in [6.45, 7) is -0.238. The third-order valence-corrected chi connectivity index (χ3v) is 2.75. The first-order valence-corrected chi connectivity index (χ1v) is 6.25. The number of hydrogen-bond acceptors (Lipinski definition) is 3. The van der Waals surface area contributed by atoms with Crippen LogP contribution in [0.5, 0.6) is 0 Å². The average Bonchev–Trinajstić information content (AvgIpc) is 2.54. The second-order valence-electron chi connectivity index (χ2n) is 4.15. The van der Waals surface area contributed by atoms with Crippen LogP contribution in [0.3, 0.4) is 0 Å². The van der Waals surface area contributed by atoms with Crippen molar-refractivity contribution in [3.8, 4) is 17.9 Å². The van der Waals surface area contributed by atoms with Crippen LogP contribution in [0.4, 0.5) is 5.69 Å². The van der Waals surface area contributed by atoms with Crippen molar-refractivity contribution in [2.75, 3.05) is 11.9 Å². The number of nitrogens with zero attached hydrogens (tertiary/aromatic N) is 1. The maximum absolute atomic E-state index is 12.1. The van der Waals surface area contributed by atoms with E-state index in [4.69, 9.17) is 10.4 Å². The zero-order valence-electron chi connectivity index (χ0n) is 11.1. The highest BCUT2D eigenvalue weighted by atomic mass is 16.2. The molecule has 2 aromatic carbocycles. The van der Waals surface area contributed by atoms with Crippen LogP contribution < -0.4 is 5.32 Å². The van der Waals surface area contributed by atoms with E-state index in [9.17, 15) is 4.79 Å². The summed E-state index contributed by atoms with van der Waals surface area (Å²) in [7, 11) is 0. The number of nitrogens with one attached hydrogen (secondary N) is 1. The topological polar surface area (TPSA) is 73.1 Å². The predicted molar refractivity (Wildman–Crippen MR) is 79.5 cm³/mol. The molecule has 2 N–H and O–H groups in total. The van der Waals surface area contributed by atoms with E-state index in [2.05, 4.69) is 17.2 Å². The van der Waals surface area contributed by atoms with Crippen molar-refractivity contribution in [3.05, 3.63) is 65.2 Å². The van der Waals surface area contributed by atoms with E-state index >= 15 is 0 Å². The third kappa shape index (κ3) is 3.70. The minimum atomic E-state index is -0.280. The molecule has 0 atom stereocenters. The summed E-state index contributed by atoms with van der Waals surface area (Å²) in [6, 6.07) is 15.5. The van der Waals surface area contributed by atoms with E-state index < -0.39 is 0 Å². The second kappa shape index (κ2) is 6.91. The molecular weight excluding hydrogens is 264 g/mol. The fourth-order valence-corrected chi connectivity index (χ4v) is 1.73. The molecule has 2 aromatic rings. The van der Waals surface area contributed by atoms with Crippen molar-refractivity contribution in [3.63, 3.8) is 0 Å². The Bertz CT molecular complexity index is 747. The molecule has 0 saturated carbocycles. The van der Waals surface area contributed by atoms with Crippen molar-refractivity contribution >= 4 is 11.6 Å². The Morgan fingerprint density at radius 2 is 1.86 bits per heavy atom. The lowest BCUT2D eigenvalue weighted by atomic mass is 10.1. The second-order valence-corrected chi connectivity index (χ2v) is 4.15. The van der Waals surface area contributed by atoms with Gasteiger partial charge in [0.2, 0.25) is 0 Å². The van der Waals surface area contributed by atoms with Gasteiger partial charge < -0.3 is 10.4 Å². The Hall–Kier alpha value is -3.08. The molecule has 0 radical (unpaired) electrons. The summed E-state index contributed by atoms with van der Waals surface area (Å²) in [6.07, 6.45) is 0. The van der Waals surface area contributed by atoms with Gasteiger partial charge in [-0.1, -0.05) is 24.0 Å². The van der Waals surface area contributed by atoms with Gasteiger partial charge in [-0.05, 0) is 36.4 Å². The molecule has 0 bridgehead atoms. The number of para-hydroxylation sites is 1. The smallest absolute Gasteiger partial charge is 0.255 e. The average molecular weight is 276 g/mol. The number of carbonyl (C=O) groups is 1. The number of nitriles is 1. The number of hydrogen-bond donors (Lipinski definition) is 2. The number of rotatable bonds is 2. The molecule has 4 heteroatoms. The Labute approximate surface area is 122 Å². The molecule has 4 nitrogen and oxygen atoms in total. The van der Waals surface area contributed by atoms with Crippen LogP contribution in [0.25, 0.3) is 0 Å². The minimum Gasteiger partial charge on any atom is -0.384 e. The van der Waals surface area contributed by atoms with E-state index in [1.54, 1.807) is 48.5 Å². The van der Waals surface area contributed by atoms with Crippen molar-refractivity contribution in [2.45, 2.75) is 0 Å². The molecule has 0 fully saturated rings. The monoisotopic (exact) mass is 276 g/mol. The number of carbonyl (C=O) groups excluding carboxylic acids is 1. The molecule has 0 aliphatic heterocycles. The fraction of sp³-hybridized carbons (Fsp3) is 0.0588. The van der Waals surface area contributed by atoms with Crippen LogP contribution in [-0.2, 0) is 0 Å². The van der Waals surface area contributed by atoms with Crippen LogP contribution >= 0.6 is 0 Å². The zero-order valence-corrected chi connectivity index (χ0v) is 11.1. The van der Waals surface area contributed by atoms with Crippen molar-refractivity contribution in [2.24, 2.45) is 0 Å². The Morgan fingerprint density at radius 1 is 1.14 bits per heavy atom. The van der Waals surface area contributed by atoms with Gasteiger partial charge in [-0.15, -0.1) is 0 Å². The number of aliphatic hydroxyl groups excluding tert-OH is 1. The van der Waals surface area contributed by atoms with Crippen molar-refractivity contribution in [1.82, 2.24) is 0 Å². The molecule has 2 rings (SSSR count). The van der Waals surface area contributed by atoms with Crippen LogP contribution in [0.2, 0.25) is 0 Å². The minimum absolute atomic E-state index is 0.238. The van der Waals surface area contributed by atoms with Gasteiger partial charge in [0.25, 0.3) is 5.91 Å². The summed E-state index contributed by atoms with van der Waals surface area (Å²) < 4.78 is 0. The molecule has 0 aromatic heterocycles. The molecule has 0 spiro atoms. The van der Waals surface area contributed by atoms with Crippen molar-refractivity contribution in [1.29, 1.82) is 5.26 Å². The standard InChI is InChI=1S/C17H12N2O2/c18-12-13-7-9-15(10-8-13)17(21)19-16-6-2-1-4-14(16)5-3-11-20/h1-2,4,6-10,20H,11H2,(H,19,21). The van der Waals surface area contributed by atoms with Crippen molar-refractivity contribution < 1.29 is 9.90 Å². The Kier molecular flexibility index (Phi) is 4.71. The normalized spacial score (nSPS) is 9.14. The van der Waals surface area contributed by atoms with Gasteiger partial charge in [0.1, 0.15) is 6.61 Å². The highest BCUT2D eigenvalue weighted by Crippen LogP contribution is 2.15. The summed E-state index contributed by atoms with van der Waals surface area (Å²) in [4.78, 5) is 12.1. The number of aliphatic hydroxyl groups is 1. The van der Waals surface area contributed by atoms with E-state index in [-0.39, 0.29) is 12.5 Å². The molecule has 21 heavy (non-hydrogen) atoms. The number of anilines is 1.